The monoisotopic (exact) mass is 306 g/mol. The van der Waals surface area contributed by atoms with Gasteiger partial charge in [-0.05, 0) is 41.1 Å². The van der Waals surface area contributed by atoms with Crippen LogP contribution in [0, 0.1) is 9.39 Å². The minimum atomic E-state index is -0.254. The molecule has 0 radical (unpaired) electrons. The predicted molar refractivity (Wildman–Crippen MR) is 65.3 cm³/mol. The van der Waals surface area contributed by atoms with Crippen molar-refractivity contribution in [3.63, 3.8) is 0 Å². The van der Waals surface area contributed by atoms with Crippen LogP contribution in [0.2, 0.25) is 0 Å². The van der Waals surface area contributed by atoms with Crippen LogP contribution in [0.5, 0.6) is 0 Å². The molecule has 0 fully saturated rings. The Morgan fingerprint density at radius 1 is 1.57 bits per heavy atom. The molecule has 14 heavy (non-hydrogen) atoms. The lowest BCUT2D eigenvalue weighted by atomic mass is 10.3. The molecule has 0 aliphatic rings. The number of hydrogen-bond donors (Lipinski definition) is 1. The molecule has 76 valence electrons. The van der Waals surface area contributed by atoms with Gasteiger partial charge in [0.15, 0.2) is 0 Å². The van der Waals surface area contributed by atoms with Gasteiger partial charge in [0.25, 0.3) is 0 Å². The van der Waals surface area contributed by atoms with Gasteiger partial charge in [-0.25, -0.2) is 9.38 Å². The maximum absolute atomic E-state index is 13.1. The fraction of sp³-hybridized carbons (Fsp3) is 0.300. The summed E-state index contributed by atoms with van der Waals surface area (Å²) in [5.41, 5.74) is 6.27. The number of rotatable bonds is 3. The summed E-state index contributed by atoms with van der Waals surface area (Å²) < 4.78 is 13.6. The van der Waals surface area contributed by atoms with Crippen molar-refractivity contribution in [3.05, 3.63) is 27.6 Å². The van der Waals surface area contributed by atoms with Crippen molar-refractivity contribution >= 4 is 34.1 Å². The molecule has 0 unspecified atom stereocenters. The topological polar surface area (TPSA) is 38.4 Å². The first-order chi connectivity index (χ1) is 6.65. The van der Waals surface area contributed by atoms with Gasteiger partial charge in [0, 0.05) is 6.42 Å². The molecule has 0 aliphatic carbocycles. The fourth-order valence-corrected chi connectivity index (χ4v) is 1.53. The van der Waals surface area contributed by atoms with Crippen LogP contribution in [0.3, 0.4) is 0 Å². The van der Waals surface area contributed by atoms with Gasteiger partial charge in [0.1, 0.15) is 5.82 Å². The molecule has 1 rings (SSSR count). The largest absolute Gasteiger partial charge is 0.387 e. The number of hydrogen-bond acceptors (Lipinski definition) is 1. The van der Waals surface area contributed by atoms with Crippen molar-refractivity contribution in [1.82, 2.24) is 0 Å². The van der Waals surface area contributed by atoms with Crippen LogP contribution in [0.15, 0.2) is 23.2 Å². The molecule has 0 spiro atoms. The lowest BCUT2D eigenvalue weighted by Gasteiger charge is -2.01. The summed E-state index contributed by atoms with van der Waals surface area (Å²) in [5, 5.41) is 0. The third-order valence-corrected chi connectivity index (χ3v) is 2.77. The van der Waals surface area contributed by atoms with Crippen molar-refractivity contribution in [3.8, 4) is 0 Å². The van der Waals surface area contributed by atoms with Crippen LogP contribution >= 0.6 is 22.6 Å². The summed E-state index contributed by atoms with van der Waals surface area (Å²) in [7, 11) is 0. The van der Waals surface area contributed by atoms with E-state index in [4.69, 9.17) is 5.73 Å². The van der Waals surface area contributed by atoms with Crippen LogP contribution < -0.4 is 5.73 Å². The standard InChI is InChI=1S/C10H12FIN2/c1-2-4-9(13)14-8-6-3-5-7(11)10(8)12/h3,5-6H,2,4H2,1H3,(H2,13,14). The molecule has 1 aromatic rings. The Morgan fingerprint density at radius 2 is 2.29 bits per heavy atom. The molecule has 0 saturated carbocycles. The van der Waals surface area contributed by atoms with Crippen molar-refractivity contribution in [2.24, 2.45) is 10.7 Å². The minimum Gasteiger partial charge on any atom is -0.387 e. The third kappa shape index (κ3) is 2.94. The van der Waals surface area contributed by atoms with Crippen LogP contribution in [-0.4, -0.2) is 5.84 Å². The molecular formula is C10H12FIN2. The summed E-state index contributed by atoms with van der Waals surface area (Å²) >= 11 is 1.93. The van der Waals surface area contributed by atoms with Gasteiger partial charge in [-0.2, -0.15) is 0 Å². The van der Waals surface area contributed by atoms with Gasteiger partial charge in [-0.3, -0.25) is 0 Å². The Labute approximate surface area is 96.6 Å². The zero-order valence-electron chi connectivity index (χ0n) is 7.93. The number of halogens is 2. The average molecular weight is 306 g/mol. The number of benzene rings is 1. The Hall–Kier alpha value is -0.650. The maximum atomic E-state index is 13.1. The number of aliphatic imine (C=N–C) groups is 1. The van der Waals surface area contributed by atoms with E-state index >= 15 is 0 Å². The van der Waals surface area contributed by atoms with Crippen LogP contribution in [-0.2, 0) is 0 Å². The maximum Gasteiger partial charge on any atom is 0.138 e. The Bertz CT molecular complexity index is 350. The van der Waals surface area contributed by atoms with Crippen molar-refractivity contribution < 1.29 is 4.39 Å². The zero-order chi connectivity index (χ0) is 10.6. The predicted octanol–water partition coefficient (Wildman–Crippen LogP) is 3.22. The summed E-state index contributed by atoms with van der Waals surface area (Å²) in [6.07, 6.45) is 1.69. The first kappa shape index (κ1) is 11.4. The summed E-state index contributed by atoms with van der Waals surface area (Å²) in [6, 6.07) is 4.81. The normalized spacial score (nSPS) is 11.8. The molecule has 0 heterocycles. The van der Waals surface area contributed by atoms with Gasteiger partial charge < -0.3 is 5.73 Å². The van der Waals surface area contributed by atoms with E-state index in [1.807, 2.05) is 29.5 Å². The summed E-state index contributed by atoms with van der Waals surface area (Å²) in [4.78, 5) is 4.16. The second-order valence-corrected chi connectivity index (χ2v) is 4.00. The van der Waals surface area contributed by atoms with Gasteiger partial charge >= 0.3 is 0 Å². The van der Waals surface area contributed by atoms with Gasteiger partial charge in [0.2, 0.25) is 0 Å². The van der Waals surface area contributed by atoms with E-state index < -0.39 is 0 Å². The lowest BCUT2D eigenvalue weighted by Crippen LogP contribution is -2.10. The van der Waals surface area contributed by atoms with E-state index in [1.165, 1.54) is 6.07 Å². The molecule has 2 nitrogen and oxygen atoms in total. The van der Waals surface area contributed by atoms with Gasteiger partial charge in [-0.1, -0.05) is 13.0 Å². The second kappa shape index (κ2) is 5.29. The van der Waals surface area contributed by atoms with Gasteiger partial charge in [-0.15, -0.1) is 0 Å². The molecule has 1 aromatic carbocycles. The Kier molecular flexibility index (Phi) is 4.31. The molecule has 0 saturated heterocycles. The first-order valence-corrected chi connectivity index (χ1v) is 5.50. The fourth-order valence-electron chi connectivity index (χ4n) is 1.05. The molecule has 4 heteroatoms. The van der Waals surface area contributed by atoms with Crippen molar-refractivity contribution in [2.75, 3.05) is 0 Å². The van der Waals surface area contributed by atoms with Gasteiger partial charge in [0.05, 0.1) is 15.1 Å². The lowest BCUT2D eigenvalue weighted by molar-refractivity contribution is 0.621. The average Bonchev–Trinajstić information content (AvgIpc) is 2.13. The summed E-state index contributed by atoms with van der Waals surface area (Å²) in [6.45, 7) is 2.03. The highest BCUT2D eigenvalue weighted by Gasteiger charge is 2.03. The highest BCUT2D eigenvalue weighted by atomic mass is 127. The van der Waals surface area contributed by atoms with E-state index in [-0.39, 0.29) is 5.82 Å². The van der Waals surface area contributed by atoms with Crippen molar-refractivity contribution in [1.29, 1.82) is 0 Å². The van der Waals surface area contributed by atoms with E-state index in [2.05, 4.69) is 4.99 Å². The molecule has 0 bridgehead atoms. The quantitative estimate of drug-likeness (QED) is 0.520. The van der Waals surface area contributed by atoms with Crippen LogP contribution in [0.4, 0.5) is 10.1 Å². The Balaban J connectivity index is 2.96. The van der Waals surface area contributed by atoms with Crippen LogP contribution in [0.25, 0.3) is 0 Å². The molecular weight excluding hydrogens is 294 g/mol. The molecule has 0 atom stereocenters. The first-order valence-electron chi connectivity index (χ1n) is 4.42. The highest BCUT2D eigenvalue weighted by Crippen LogP contribution is 2.23. The van der Waals surface area contributed by atoms with E-state index in [9.17, 15) is 4.39 Å². The minimum absolute atomic E-state index is 0.254. The van der Waals surface area contributed by atoms with Crippen molar-refractivity contribution in [2.45, 2.75) is 19.8 Å². The number of nitrogens with zero attached hydrogens (tertiary/aromatic N) is 1. The molecule has 0 amide bonds. The van der Waals surface area contributed by atoms with E-state index in [0.717, 1.165) is 12.8 Å². The van der Waals surface area contributed by atoms with E-state index in [0.29, 0.717) is 15.1 Å². The summed E-state index contributed by atoms with van der Waals surface area (Å²) in [5.74, 6) is 0.298. The van der Waals surface area contributed by atoms with E-state index in [1.54, 1.807) is 12.1 Å². The molecule has 0 aliphatic heterocycles. The Morgan fingerprint density at radius 3 is 2.93 bits per heavy atom. The number of nitrogens with two attached hydrogens (primary N) is 1. The highest BCUT2D eigenvalue weighted by molar-refractivity contribution is 14.1. The second-order valence-electron chi connectivity index (χ2n) is 2.93. The molecule has 2 N–H and O–H groups in total. The smallest absolute Gasteiger partial charge is 0.138 e. The third-order valence-electron chi connectivity index (χ3n) is 1.70. The van der Waals surface area contributed by atoms with Crippen LogP contribution in [0.1, 0.15) is 19.8 Å². The molecule has 0 aromatic heterocycles. The SMILES string of the molecule is CCCC(N)=Nc1cccc(F)c1I. The zero-order valence-corrected chi connectivity index (χ0v) is 10.1. The number of amidine groups is 1.